The Kier molecular flexibility index (Phi) is 5.04. The van der Waals surface area contributed by atoms with Gasteiger partial charge in [0.15, 0.2) is 5.58 Å². The normalized spacial score (nSPS) is 11.5. The van der Waals surface area contributed by atoms with Gasteiger partial charge in [0.05, 0.1) is 23.2 Å². The molecule has 9 heteroatoms. The van der Waals surface area contributed by atoms with E-state index in [0.717, 1.165) is 4.57 Å². The number of methoxy groups -OCH3 is 1. The Morgan fingerprint density at radius 2 is 1.89 bits per heavy atom. The lowest BCUT2D eigenvalue weighted by molar-refractivity contribution is -0.141. The number of nitrogens with zero attached hydrogens (tertiary/aromatic N) is 2. The predicted molar refractivity (Wildman–Crippen MR) is 99.1 cm³/mol. The molecule has 0 saturated heterocycles. The quantitative estimate of drug-likeness (QED) is 0.597. The van der Waals surface area contributed by atoms with E-state index in [1.54, 1.807) is 37.3 Å². The fourth-order valence-corrected chi connectivity index (χ4v) is 4.25. The summed E-state index contributed by atoms with van der Waals surface area (Å²) in [6.07, 6.45) is 0. The largest absolute Gasteiger partial charge is 0.468 e. The number of fused-ring (bicyclic) bond motifs is 1. The molecule has 1 heterocycles. The molecule has 0 saturated carbocycles. The number of aromatic nitrogens is 1. The van der Waals surface area contributed by atoms with Crippen LogP contribution in [0.4, 0.5) is 5.69 Å². The number of hydrogen-bond donors (Lipinski definition) is 0. The minimum atomic E-state index is -3.86. The second kappa shape index (κ2) is 7.28. The van der Waals surface area contributed by atoms with Gasteiger partial charge in [-0.05, 0) is 31.2 Å². The molecule has 1 aromatic heterocycles. The molecule has 8 nitrogen and oxygen atoms in total. The van der Waals surface area contributed by atoms with Crippen molar-refractivity contribution in [1.29, 1.82) is 0 Å². The van der Waals surface area contributed by atoms with Crippen LogP contribution in [0.5, 0.6) is 0 Å². The summed E-state index contributed by atoms with van der Waals surface area (Å²) in [6.45, 7) is 1.65. The zero-order chi connectivity index (χ0) is 19.6. The van der Waals surface area contributed by atoms with E-state index in [0.29, 0.717) is 11.2 Å². The van der Waals surface area contributed by atoms with Crippen molar-refractivity contribution in [2.75, 3.05) is 18.0 Å². The second-order valence-electron chi connectivity index (χ2n) is 5.67. The van der Waals surface area contributed by atoms with Crippen LogP contribution in [-0.2, 0) is 26.1 Å². The lowest BCUT2D eigenvalue weighted by Crippen LogP contribution is -2.30. The third-order valence-corrected chi connectivity index (χ3v) is 5.97. The molecule has 0 fully saturated rings. The van der Waals surface area contributed by atoms with E-state index < -0.39 is 21.7 Å². The second-order valence-corrected chi connectivity index (χ2v) is 7.53. The molecule has 0 aliphatic heterocycles. The zero-order valence-corrected chi connectivity index (χ0v) is 15.6. The standard InChI is InChI=1S/C18H18N2O6S/c1-3-20(13-7-5-4-6-8-13)27(23,24)14-9-10-15-16(11-14)26-18(22)19(15)12-17(21)25-2/h4-11H,3,12H2,1-2H3. The molecule has 0 bridgehead atoms. The predicted octanol–water partition coefficient (Wildman–Crippen LogP) is 1.98. The Morgan fingerprint density at radius 1 is 1.19 bits per heavy atom. The summed E-state index contributed by atoms with van der Waals surface area (Å²) in [4.78, 5) is 23.4. The van der Waals surface area contributed by atoms with Crippen LogP contribution < -0.4 is 10.1 Å². The van der Waals surface area contributed by atoms with Gasteiger partial charge in [-0.25, -0.2) is 13.2 Å². The number of rotatable bonds is 6. The topological polar surface area (TPSA) is 98.8 Å². The molecule has 0 aliphatic rings. The summed E-state index contributed by atoms with van der Waals surface area (Å²) in [5.41, 5.74) is 0.922. The number of sulfonamides is 1. The first-order chi connectivity index (χ1) is 12.9. The van der Waals surface area contributed by atoms with E-state index in [2.05, 4.69) is 4.74 Å². The van der Waals surface area contributed by atoms with E-state index in [1.807, 2.05) is 0 Å². The fourth-order valence-electron chi connectivity index (χ4n) is 2.76. The van der Waals surface area contributed by atoms with Crippen LogP contribution in [0.3, 0.4) is 0 Å². The zero-order valence-electron chi connectivity index (χ0n) is 14.8. The Labute approximate surface area is 155 Å². The molecule has 0 radical (unpaired) electrons. The third kappa shape index (κ3) is 3.45. The lowest BCUT2D eigenvalue weighted by atomic mass is 10.3. The van der Waals surface area contributed by atoms with Crippen LogP contribution in [0, 0.1) is 0 Å². The Balaban J connectivity index is 2.06. The van der Waals surface area contributed by atoms with Crippen molar-refractivity contribution in [3.8, 4) is 0 Å². The smallest absolute Gasteiger partial charge is 0.420 e. The van der Waals surface area contributed by atoms with E-state index in [1.165, 1.54) is 29.6 Å². The highest BCUT2D eigenvalue weighted by Gasteiger charge is 2.25. The summed E-state index contributed by atoms with van der Waals surface area (Å²) < 4.78 is 38.1. The van der Waals surface area contributed by atoms with Crippen molar-refractivity contribution in [3.63, 3.8) is 0 Å². The Hall–Kier alpha value is -3.07. The van der Waals surface area contributed by atoms with E-state index in [4.69, 9.17) is 4.42 Å². The molecule has 0 spiro atoms. The molecular weight excluding hydrogens is 372 g/mol. The average Bonchev–Trinajstić information content (AvgIpc) is 2.97. The molecular formula is C18H18N2O6S. The van der Waals surface area contributed by atoms with Crippen molar-refractivity contribution in [2.45, 2.75) is 18.4 Å². The molecule has 0 unspecified atom stereocenters. The maximum Gasteiger partial charge on any atom is 0.420 e. The molecule has 0 aliphatic carbocycles. The first-order valence-corrected chi connectivity index (χ1v) is 9.60. The van der Waals surface area contributed by atoms with Crippen molar-refractivity contribution >= 4 is 32.8 Å². The Morgan fingerprint density at radius 3 is 2.52 bits per heavy atom. The van der Waals surface area contributed by atoms with E-state index in [-0.39, 0.29) is 23.6 Å². The van der Waals surface area contributed by atoms with Crippen molar-refractivity contribution in [1.82, 2.24) is 4.57 Å². The van der Waals surface area contributed by atoms with Gasteiger partial charge in [0.1, 0.15) is 6.54 Å². The lowest BCUT2D eigenvalue weighted by Gasteiger charge is -2.22. The van der Waals surface area contributed by atoms with Gasteiger partial charge in [0.25, 0.3) is 10.0 Å². The minimum Gasteiger partial charge on any atom is -0.468 e. The fraction of sp³-hybridized carbons (Fsp3) is 0.222. The number of benzene rings is 2. The number of hydrogen-bond acceptors (Lipinski definition) is 6. The van der Waals surface area contributed by atoms with Gasteiger partial charge >= 0.3 is 11.7 Å². The maximum atomic E-state index is 13.0. The van der Waals surface area contributed by atoms with Crippen molar-refractivity contribution in [3.05, 3.63) is 59.1 Å². The summed E-state index contributed by atoms with van der Waals surface area (Å²) in [5, 5.41) is 0. The van der Waals surface area contributed by atoms with Gasteiger partial charge in [-0.1, -0.05) is 18.2 Å². The molecule has 0 atom stereocenters. The number of oxazole rings is 1. The molecule has 3 aromatic rings. The number of carbonyl (C=O) groups is 1. The van der Waals surface area contributed by atoms with Gasteiger partial charge < -0.3 is 9.15 Å². The number of esters is 1. The van der Waals surface area contributed by atoms with Crippen molar-refractivity contribution in [2.24, 2.45) is 0 Å². The number of carbonyl (C=O) groups excluding carboxylic acids is 1. The molecule has 0 N–H and O–H groups in total. The van der Waals surface area contributed by atoms with Gasteiger partial charge in [-0.2, -0.15) is 0 Å². The summed E-state index contributed by atoms with van der Waals surface area (Å²) in [5.74, 6) is -1.38. The molecule has 2 aromatic carbocycles. The van der Waals surface area contributed by atoms with Crippen LogP contribution in [0.2, 0.25) is 0 Å². The van der Waals surface area contributed by atoms with Gasteiger partial charge in [0, 0.05) is 12.6 Å². The van der Waals surface area contributed by atoms with Crippen LogP contribution in [0.25, 0.3) is 11.1 Å². The maximum absolute atomic E-state index is 13.0. The van der Waals surface area contributed by atoms with Crippen LogP contribution >= 0.6 is 0 Å². The van der Waals surface area contributed by atoms with Crippen LogP contribution in [0.1, 0.15) is 6.92 Å². The Bertz CT molecular complexity index is 1130. The minimum absolute atomic E-state index is 0.0142. The monoisotopic (exact) mass is 390 g/mol. The SMILES string of the molecule is CCN(c1ccccc1)S(=O)(=O)c1ccc2c(c1)oc(=O)n2CC(=O)OC. The number of anilines is 1. The summed E-state index contributed by atoms with van der Waals surface area (Å²) >= 11 is 0. The molecule has 142 valence electrons. The highest BCUT2D eigenvalue weighted by Crippen LogP contribution is 2.25. The first kappa shape index (κ1) is 18.7. The average molecular weight is 390 g/mol. The number of para-hydroxylation sites is 1. The van der Waals surface area contributed by atoms with Gasteiger partial charge in [-0.15, -0.1) is 0 Å². The van der Waals surface area contributed by atoms with Crippen LogP contribution in [-0.4, -0.2) is 32.6 Å². The molecule has 3 rings (SSSR count). The number of ether oxygens (including phenoxy) is 1. The van der Waals surface area contributed by atoms with Crippen LogP contribution in [0.15, 0.2) is 62.6 Å². The van der Waals surface area contributed by atoms with E-state index >= 15 is 0 Å². The third-order valence-electron chi connectivity index (χ3n) is 4.07. The first-order valence-electron chi connectivity index (χ1n) is 8.16. The summed E-state index contributed by atoms with van der Waals surface area (Å²) in [7, 11) is -2.65. The summed E-state index contributed by atoms with van der Waals surface area (Å²) in [6, 6.07) is 12.8. The van der Waals surface area contributed by atoms with Gasteiger partial charge in [0.2, 0.25) is 0 Å². The van der Waals surface area contributed by atoms with E-state index in [9.17, 15) is 18.0 Å². The highest BCUT2D eigenvalue weighted by atomic mass is 32.2. The van der Waals surface area contributed by atoms with Crippen molar-refractivity contribution < 1.29 is 22.4 Å². The molecule has 27 heavy (non-hydrogen) atoms. The highest BCUT2D eigenvalue weighted by molar-refractivity contribution is 7.92. The molecule has 0 amide bonds. The van der Waals surface area contributed by atoms with Gasteiger partial charge in [-0.3, -0.25) is 13.7 Å².